The quantitative estimate of drug-likeness (QED) is 0.436. The van der Waals surface area contributed by atoms with E-state index in [1.54, 1.807) is 24.3 Å². The number of anilines is 1. The molecule has 1 amide bonds. The summed E-state index contributed by atoms with van der Waals surface area (Å²) in [7, 11) is 0. The Morgan fingerprint density at radius 1 is 1.40 bits per heavy atom. The van der Waals surface area contributed by atoms with Crippen LogP contribution in [0, 0.1) is 10.1 Å². The van der Waals surface area contributed by atoms with Crippen molar-refractivity contribution in [2.24, 2.45) is 0 Å². The van der Waals surface area contributed by atoms with Gasteiger partial charge in [0.2, 0.25) is 5.91 Å². The van der Waals surface area contributed by atoms with E-state index in [0.29, 0.717) is 18.7 Å². The number of hydrogen-bond donors (Lipinski definition) is 1. The van der Waals surface area contributed by atoms with Gasteiger partial charge in [0.1, 0.15) is 11.7 Å². The zero-order valence-electron chi connectivity index (χ0n) is 14.8. The van der Waals surface area contributed by atoms with E-state index >= 15 is 0 Å². The molecule has 0 heterocycles. The normalized spacial score (nSPS) is 16.0. The smallest absolute Gasteiger partial charge is 0.292 e. The number of nitro benzene ring substituents is 1. The minimum Gasteiger partial charge on any atom is -0.368 e. The van der Waals surface area contributed by atoms with Gasteiger partial charge in [-0.2, -0.15) is 0 Å². The Morgan fingerprint density at radius 2 is 2.08 bits per heavy atom. The van der Waals surface area contributed by atoms with Gasteiger partial charge in [0.25, 0.3) is 5.69 Å². The summed E-state index contributed by atoms with van der Waals surface area (Å²) in [6.07, 6.45) is 7.84. The first kappa shape index (κ1) is 19.0. The first-order valence-electron chi connectivity index (χ1n) is 8.99. The van der Waals surface area contributed by atoms with E-state index in [1.807, 2.05) is 11.8 Å². The molecule has 6 heteroatoms. The molecular formula is C19H27N3O3. The van der Waals surface area contributed by atoms with Crippen molar-refractivity contribution in [3.63, 3.8) is 0 Å². The zero-order chi connectivity index (χ0) is 18.2. The number of nitro groups is 1. The van der Waals surface area contributed by atoms with Crippen LogP contribution in [-0.4, -0.2) is 34.4 Å². The number of para-hydroxylation sites is 2. The molecule has 0 aliphatic heterocycles. The number of benzene rings is 1. The third-order valence-electron chi connectivity index (χ3n) is 4.76. The van der Waals surface area contributed by atoms with Gasteiger partial charge in [-0.1, -0.05) is 44.4 Å². The van der Waals surface area contributed by atoms with Gasteiger partial charge in [-0.25, -0.2) is 0 Å². The van der Waals surface area contributed by atoms with Crippen LogP contribution in [0.3, 0.4) is 0 Å². The summed E-state index contributed by atoms with van der Waals surface area (Å²) in [6.45, 7) is 6.21. The SMILES string of the molecule is C=CCN(C(=O)C(CC)Nc1ccccc1[N+](=O)[O-])C1CCCCC1. The van der Waals surface area contributed by atoms with Gasteiger partial charge in [0.05, 0.1) is 4.92 Å². The van der Waals surface area contributed by atoms with E-state index in [2.05, 4.69) is 11.9 Å². The molecule has 1 aromatic carbocycles. The lowest BCUT2D eigenvalue weighted by atomic mass is 9.93. The van der Waals surface area contributed by atoms with Gasteiger partial charge in [-0.3, -0.25) is 14.9 Å². The molecule has 1 fully saturated rings. The van der Waals surface area contributed by atoms with Gasteiger partial charge >= 0.3 is 0 Å². The largest absolute Gasteiger partial charge is 0.368 e. The van der Waals surface area contributed by atoms with Crippen molar-refractivity contribution in [3.8, 4) is 0 Å². The molecule has 0 spiro atoms. The van der Waals surface area contributed by atoms with E-state index in [1.165, 1.54) is 12.5 Å². The maximum Gasteiger partial charge on any atom is 0.292 e. The minimum absolute atomic E-state index is 0.00699. The molecule has 136 valence electrons. The van der Waals surface area contributed by atoms with Gasteiger partial charge in [-0.15, -0.1) is 6.58 Å². The Labute approximate surface area is 149 Å². The standard InChI is InChI=1S/C19H27N3O3/c1-3-14-21(15-10-6-5-7-11-15)19(23)16(4-2)20-17-12-8-9-13-18(17)22(24)25/h3,8-9,12-13,15-16,20H,1,4-7,10-11,14H2,2H3. The van der Waals surface area contributed by atoms with Crippen molar-refractivity contribution >= 4 is 17.3 Å². The molecule has 0 saturated heterocycles. The van der Waals surface area contributed by atoms with Crippen LogP contribution in [0.1, 0.15) is 45.4 Å². The van der Waals surface area contributed by atoms with Crippen LogP contribution < -0.4 is 5.32 Å². The van der Waals surface area contributed by atoms with Crippen LogP contribution in [0.2, 0.25) is 0 Å². The van der Waals surface area contributed by atoms with Crippen LogP contribution >= 0.6 is 0 Å². The number of nitrogens with one attached hydrogen (secondary N) is 1. The molecule has 0 radical (unpaired) electrons. The second kappa shape index (κ2) is 9.20. The van der Waals surface area contributed by atoms with Crippen molar-refractivity contribution in [1.82, 2.24) is 4.90 Å². The summed E-state index contributed by atoms with van der Waals surface area (Å²) in [5.41, 5.74) is 0.372. The third kappa shape index (κ3) is 4.81. The van der Waals surface area contributed by atoms with E-state index in [0.717, 1.165) is 25.7 Å². The van der Waals surface area contributed by atoms with Crippen molar-refractivity contribution < 1.29 is 9.72 Å². The average Bonchev–Trinajstić information content (AvgIpc) is 2.64. The summed E-state index contributed by atoms with van der Waals surface area (Å²) in [4.78, 5) is 25.8. The lowest BCUT2D eigenvalue weighted by Crippen LogP contribution is -2.48. The number of carbonyl (C=O) groups excluding carboxylic acids is 1. The highest BCUT2D eigenvalue weighted by Gasteiger charge is 2.30. The highest BCUT2D eigenvalue weighted by Crippen LogP contribution is 2.27. The molecule has 0 aromatic heterocycles. The van der Waals surface area contributed by atoms with E-state index in [4.69, 9.17) is 0 Å². The van der Waals surface area contributed by atoms with Gasteiger partial charge in [0, 0.05) is 18.7 Å². The average molecular weight is 345 g/mol. The number of nitrogens with zero attached hydrogens (tertiary/aromatic N) is 2. The van der Waals surface area contributed by atoms with Gasteiger partial charge in [-0.05, 0) is 25.3 Å². The van der Waals surface area contributed by atoms with E-state index in [-0.39, 0.29) is 17.6 Å². The van der Waals surface area contributed by atoms with E-state index in [9.17, 15) is 14.9 Å². The first-order valence-corrected chi connectivity index (χ1v) is 8.99. The first-order chi connectivity index (χ1) is 12.1. The molecule has 1 aliphatic rings. The Morgan fingerprint density at radius 3 is 2.68 bits per heavy atom. The lowest BCUT2D eigenvalue weighted by Gasteiger charge is -2.36. The Balaban J connectivity index is 2.18. The maximum absolute atomic E-state index is 13.1. The number of rotatable bonds is 8. The van der Waals surface area contributed by atoms with Crippen LogP contribution in [0.4, 0.5) is 11.4 Å². The summed E-state index contributed by atoms with van der Waals surface area (Å²) in [5.74, 6) is -0.00699. The molecule has 1 aromatic rings. The molecule has 1 aliphatic carbocycles. The number of carbonyl (C=O) groups is 1. The highest BCUT2D eigenvalue weighted by molar-refractivity contribution is 5.86. The van der Waals surface area contributed by atoms with Crippen molar-refractivity contribution in [3.05, 3.63) is 47.0 Å². The molecule has 6 nitrogen and oxygen atoms in total. The molecule has 1 unspecified atom stereocenters. The summed E-state index contributed by atoms with van der Waals surface area (Å²) in [6, 6.07) is 6.20. The molecule has 1 saturated carbocycles. The lowest BCUT2D eigenvalue weighted by molar-refractivity contribution is -0.384. The Kier molecular flexibility index (Phi) is 6.98. The summed E-state index contributed by atoms with van der Waals surface area (Å²) in [5, 5.41) is 14.3. The monoisotopic (exact) mass is 345 g/mol. The van der Waals surface area contributed by atoms with Crippen LogP contribution in [-0.2, 0) is 4.79 Å². The van der Waals surface area contributed by atoms with Crippen LogP contribution in [0.25, 0.3) is 0 Å². The highest BCUT2D eigenvalue weighted by atomic mass is 16.6. The fourth-order valence-corrected chi connectivity index (χ4v) is 3.43. The van der Waals surface area contributed by atoms with Crippen LogP contribution in [0.15, 0.2) is 36.9 Å². The van der Waals surface area contributed by atoms with Crippen molar-refractivity contribution in [2.45, 2.75) is 57.5 Å². The predicted octanol–water partition coefficient (Wildman–Crippen LogP) is 4.13. The molecule has 0 bridgehead atoms. The summed E-state index contributed by atoms with van der Waals surface area (Å²) >= 11 is 0. The molecule has 2 rings (SSSR count). The van der Waals surface area contributed by atoms with Crippen LogP contribution in [0.5, 0.6) is 0 Å². The van der Waals surface area contributed by atoms with Gasteiger partial charge in [0.15, 0.2) is 0 Å². The molecule has 1 atom stereocenters. The molecular weight excluding hydrogens is 318 g/mol. The fourth-order valence-electron chi connectivity index (χ4n) is 3.43. The predicted molar refractivity (Wildman–Crippen MR) is 99.6 cm³/mol. The second-order valence-corrected chi connectivity index (χ2v) is 6.45. The maximum atomic E-state index is 13.1. The minimum atomic E-state index is -0.483. The third-order valence-corrected chi connectivity index (χ3v) is 4.76. The topological polar surface area (TPSA) is 75.5 Å². The van der Waals surface area contributed by atoms with Gasteiger partial charge < -0.3 is 10.2 Å². The molecule has 25 heavy (non-hydrogen) atoms. The molecule has 1 N–H and O–H groups in total. The van der Waals surface area contributed by atoms with Crippen molar-refractivity contribution in [1.29, 1.82) is 0 Å². The Bertz CT molecular complexity index is 612. The van der Waals surface area contributed by atoms with Crippen molar-refractivity contribution in [2.75, 3.05) is 11.9 Å². The zero-order valence-corrected chi connectivity index (χ0v) is 14.8. The van der Waals surface area contributed by atoms with E-state index < -0.39 is 11.0 Å². The fraction of sp³-hybridized carbons (Fsp3) is 0.526. The number of amides is 1. The number of hydrogen-bond acceptors (Lipinski definition) is 4. The second-order valence-electron chi connectivity index (χ2n) is 6.45. The summed E-state index contributed by atoms with van der Waals surface area (Å²) < 4.78 is 0. The Hall–Kier alpha value is -2.37.